The first-order valence-electron chi connectivity index (χ1n) is 9.42. The Morgan fingerprint density at radius 3 is 2.61 bits per heavy atom. The molecule has 6 nitrogen and oxygen atoms in total. The Kier molecular flexibility index (Phi) is 4.81. The molecule has 1 unspecified atom stereocenters. The molecule has 1 N–H and O–H groups in total. The number of aromatic nitrogens is 2. The van der Waals surface area contributed by atoms with Crippen LogP contribution in [-0.4, -0.2) is 41.8 Å². The Balaban J connectivity index is 1.60. The first kappa shape index (κ1) is 18.8. The average molecular weight is 398 g/mol. The molecule has 0 amide bonds. The number of aromatic amines is 1. The summed E-state index contributed by atoms with van der Waals surface area (Å²) in [7, 11) is -3.68. The van der Waals surface area contributed by atoms with E-state index in [0.29, 0.717) is 36.3 Å². The third-order valence-corrected chi connectivity index (χ3v) is 7.58. The van der Waals surface area contributed by atoms with Crippen molar-refractivity contribution in [1.29, 1.82) is 0 Å². The van der Waals surface area contributed by atoms with Crippen LogP contribution in [0.1, 0.15) is 34.6 Å². The molecule has 28 heavy (non-hydrogen) atoms. The Morgan fingerprint density at radius 2 is 1.89 bits per heavy atom. The molecule has 0 bridgehead atoms. The van der Waals surface area contributed by atoms with E-state index in [2.05, 4.69) is 10.2 Å². The summed E-state index contributed by atoms with van der Waals surface area (Å²) in [6.45, 7) is 4.01. The molecule has 7 heteroatoms. The highest BCUT2D eigenvalue weighted by molar-refractivity contribution is 7.89. The number of carbonyl (C=O) groups is 1. The number of fused-ring (bicyclic) bond motifs is 1. The molecule has 0 radical (unpaired) electrons. The number of carbonyl (C=O) groups excluding carboxylic acids is 1. The fraction of sp³-hybridized carbons (Fsp3) is 0.333. The van der Waals surface area contributed by atoms with Gasteiger partial charge in [0, 0.05) is 24.6 Å². The molecule has 0 aliphatic carbocycles. The Hall–Kier alpha value is -2.51. The molecule has 2 aromatic carbocycles. The molecule has 0 spiro atoms. The first-order valence-corrected chi connectivity index (χ1v) is 10.9. The molecule has 2 heterocycles. The van der Waals surface area contributed by atoms with Crippen molar-refractivity contribution in [2.75, 3.05) is 13.1 Å². The quantitative estimate of drug-likeness (QED) is 0.684. The second-order valence-electron chi connectivity index (χ2n) is 7.39. The van der Waals surface area contributed by atoms with Gasteiger partial charge in [-0.05, 0) is 43.5 Å². The third kappa shape index (κ3) is 3.25. The molecular formula is C21H23N3O3S. The van der Waals surface area contributed by atoms with Crippen molar-refractivity contribution in [2.24, 2.45) is 5.92 Å². The standard InChI is InChI=1S/C21H23N3O3S/c1-14-21(15(2)23-22-14)28(26,27)24-11-5-8-19(13-24)20(25)18-10-9-16-6-3-4-7-17(16)12-18/h3-4,6-7,9-10,12,19H,5,8,11,13H2,1-2H3,(H,22,23). The number of benzene rings is 2. The van der Waals surface area contributed by atoms with Gasteiger partial charge in [0.15, 0.2) is 5.78 Å². The van der Waals surface area contributed by atoms with Crippen LogP contribution in [0.2, 0.25) is 0 Å². The second kappa shape index (κ2) is 7.14. The highest BCUT2D eigenvalue weighted by Gasteiger charge is 2.36. The van der Waals surface area contributed by atoms with E-state index in [-0.39, 0.29) is 23.1 Å². The smallest absolute Gasteiger partial charge is 0.246 e. The monoisotopic (exact) mass is 397 g/mol. The lowest BCUT2D eigenvalue weighted by Crippen LogP contribution is -2.42. The van der Waals surface area contributed by atoms with Crippen LogP contribution < -0.4 is 0 Å². The van der Waals surface area contributed by atoms with Gasteiger partial charge >= 0.3 is 0 Å². The average Bonchev–Trinajstić information content (AvgIpc) is 3.06. The van der Waals surface area contributed by atoms with Gasteiger partial charge in [-0.15, -0.1) is 0 Å². The number of piperidine rings is 1. The fourth-order valence-electron chi connectivity index (χ4n) is 4.00. The molecule has 0 saturated carbocycles. The van der Waals surface area contributed by atoms with Crippen LogP contribution in [0.15, 0.2) is 47.4 Å². The maximum atomic E-state index is 13.1. The maximum absolute atomic E-state index is 13.1. The third-order valence-electron chi connectivity index (χ3n) is 5.45. The van der Waals surface area contributed by atoms with Crippen molar-refractivity contribution in [3.05, 3.63) is 59.4 Å². The predicted molar refractivity (Wildman–Crippen MR) is 108 cm³/mol. The lowest BCUT2D eigenvalue weighted by Gasteiger charge is -2.31. The molecule has 1 aromatic heterocycles. The van der Waals surface area contributed by atoms with E-state index in [1.807, 2.05) is 42.5 Å². The maximum Gasteiger partial charge on any atom is 0.246 e. The number of sulfonamides is 1. The largest absolute Gasteiger partial charge is 0.294 e. The lowest BCUT2D eigenvalue weighted by atomic mass is 9.90. The number of nitrogens with one attached hydrogen (secondary N) is 1. The molecule has 1 saturated heterocycles. The van der Waals surface area contributed by atoms with Crippen LogP contribution >= 0.6 is 0 Å². The van der Waals surface area contributed by atoms with E-state index in [9.17, 15) is 13.2 Å². The van der Waals surface area contributed by atoms with Gasteiger partial charge < -0.3 is 0 Å². The Labute approximate surface area is 164 Å². The van der Waals surface area contributed by atoms with Gasteiger partial charge in [0.25, 0.3) is 0 Å². The van der Waals surface area contributed by atoms with Gasteiger partial charge in [-0.25, -0.2) is 8.42 Å². The zero-order valence-corrected chi connectivity index (χ0v) is 16.8. The SMILES string of the molecule is Cc1n[nH]c(C)c1S(=O)(=O)N1CCCC(C(=O)c2ccc3ccccc3c2)C1. The summed E-state index contributed by atoms with van der Waals surface area (Å²) in [4.78, 5) is 13.3. The molecule has 3 aromatic rings. The first-order chi connectivity index (χ1) is 13.4. The van der Waals surface area contributed by atoms with Gasteiger partial charge in [-0.3, -0.25) is 9.89 Å². The van der Waals surface area contributed by atoms with Crippen LogP contribution in [0.3, 0.4) is 0 Å². The predicted octanol–water partition coefficient (Wildman–Crippen LogP) is 3.46. The van der Waals surface area contributed by atoms with Crippen molar-refractivity contribution in [2.45, 2.75) is 31.6 Å². The summed E-state index contributed by atoms with van der Waals surface area (Å²) >= 11 is 0. The minimum atomic E-state index is -3.68. The summed E-state index contributed by atoms with van der Waals surface area (Å²) in [5.74, 6) is -0.330. The summed E-state index contributed by atoms with van der Waals surface area (Å²) in [5.41, 5.74) is 1.62. The summed E-state index contributed by atoms with van der Waals surface area (Å²) in [5, 5.41) is 8.84. The van der Waals surface area contributed by atoms with Gasteiger partial charge in [0.2, 0.25) is 10.0 Å². The van der Waals surface area contributed by atoms with E-state index in [1.165, 1.54) is 4.31 Å². The van der Waals surface area contributed by atoms with Gasteiger partial charge in [-0.1, -0.05) is 36.4 Å². The molecular weight excluding hydrogens is 374 g/mol. The Morgan fingerprint density at radius 1 is 1.14 bits per heavy atom. The number of ketones is 1. The Bertz CT molecular complexity index is 1130. The molecule has 146 valence electrons. The summed E-state index contributed by atoms with van der Waals surface area (Å²) in [6, 6.07) is 13.6. The zero-order chi connectivity index (χ0) is 19.9. The number of aryl methyl sites for hydroxylation is 2. The second-order valence-corrected chi connectivity index (χ2v) is 9.27. The molecule has 1 aliphatic rings. The molecule has 4 rings (SSSR count). The highest BCUT2D eigenvalue weighted by Crippen LogP contribution is 2.29. The number of hydrogen-bond acceptors (Lipinski definition) is 4. The topological polar surface area (TPSA) is 83.1 Å². The van der Waals surface area contributed by atoms with Crippen LogP contribution in [0, 0.1) is 19.8 Å². The summed E-state index contributed by atoms with van der Waals surface area (Å²) < 4.78 is 27.7. The van der Waals surface area contributed by atoms with Crippen LogP contribution in [0.5, 0.6) is 0 Å². The van der Waals surface area contributed by atoms with Crippen molar-refractivity contribution >= 4 is 26.6 Å². The minimum Gasteiger partial charge on any atom is -0.294 e. The van der Waals surface area contributed by atoms with Crippen molar-refractivity contribution in [1.82, 2.24) is 14.5 Å². The number of H-pyrrole nitrogens is 1. The number of Topliss-reactive ketones (excluding diaryl/α,β-unsaturated/α-hetero) is 1. The van der Waals surface area contributed by atoms with E-state index < -0.39 is 10.0 Å². The van der Waals surface area contributed by atoms with E-state index >= 15 is 0 Å². The number of rotatable bonds is 4. The number of hydrogen-bond donors (Lipinski definition) is 1. The van der Waals surface area contributed by atoms with Gasteiger partial charge in [-0.2, -0.15) is 9.40 Å². The van der Waals surface area contributed by atoms with E-state index in [0.717, 1.165) is 10.8 Å². The van der Waals surface area contributed by atoms with Crippen molar-refractivity contribution in [3.63, 3.8) is 0 Å². The highest BCUT2D eigenvalue weighted by atomic mass is 32.2. The normalized spacial score (nSPS) is 18.4. The lowest BCUT2D eigenvalue weighted by molar-refractivity contribution is 0.0872. The minimum absolute atomic E-state index is 0.00582. The van der Waals surface area contributed by atoms with E-state index in [4.69, 9.17) is 0 Å². The van der Waals surface area contributed by atoms with Crippen LogP contribution in [-0.2, 0) is 10.0 Å². The zero-order valence-electron chi connectivity index (χ0n) is 16.0. The molecule has 1 atom stereocenters. The van der Waals surface area contributed by atoms with Gasteiger partial charge in [0.05, 0.1) is 11.4 Å². The molecule has 1 aliphatic heterocycles. The van der Waals surface area contributed by atoms with Gasteiger partial charge in [0.1, 0.15) is 4.90 Å². The fourth-order valence-corrected chi connectivity index (χ4v) is 5.86. The van der Waals surface area contributed by atoms with Crippen molar-refractivity contribution < 1.29 is 13.2 Å². The van der Waals surface area contributed by atoms with Crippen molar-refractivity contribution in [3.8, 4) is 0 Å². The number of nitrogens with zero attached hydrogens (tertiary/aromatic N) is 2. The summed E-state index contributed by atoms with van der Waals surface area (Å²) in [6.07, 6.45) is 1.36. The van der Waals surface area contributed by atoms with E-state index in [1.54, 1.807) is 13.8 Å². The van der Waals surface area contributed by atoms with Crippen LogP contribution in [0.4, 0.5) is 0 Å². The molecule has 1 fully saturated rings. The van der Waals surface area contributed by atoms with Crippen LogP contribution in [0.25, 0.3) is 10.8 Å².